The number of aromatic carboxylic acids is 1. The average Bonchev–Trinajstić information content (AvgIpc) is 2.81. The molecule has 3 N–H and O–H groups in total. The second-order valence-electron chi connectivity index (χ2n) is 4.23. The topological polar surface area (TPSA) is 94.8 Å². The summed E-state index contributed by atoms with van der Waals surface area (Å²) in [6.07, 6.45) is 0. The number of aromatic nitrogens is 2. The highest BCUT2D eigenvalue weighted by Crippen LogP contribution is 2.22. The Morgan fingerprint density at radius 2 is 1.89 bits per heavy atom. The van der Waals surface area contributed by atoms with E-state index < -0.39 is 5.97 Å². The van der Waals surface area contributed by atoms with Gasteiger partial charge in [0.1, 0.15) is 5.82 Å². The van der Waals surface area contributed by atoms with E-state index in [2.05, 4.69) is 9.97 Å². The number of hydrogen-bond acceptors (Lipinski definition) is 4. The lowest BCUT2D eigenvalue weighted by atomic mass is 10.1. The van der Waals surface area contributed by atoms with E-state index in [0.717, 1.165) is 16.6 Å². The van der Waals surface area contributed by atoms with Gasteiger partial charge < -0.3 is 20.6 Å². The zero-order chi connectivity index (χ0) is 13.4. The van der Waals surface area contributed by atoms with Crippen molar-refractivity contribution in [3.63, 3.8) is 0 Å². The normalized spacial score (nSPS) is 10.7. The van der Waals surface area contributed by atoms with Gasteiger partial charge in [-0.2, -0.15) is 0 Å². The number of fused-ring (bicyclic) bond motifs is 1. The molecule has 5 heteroatoms. The summed E-state index contributed by atoms with van der Waals surface area (Å²) in [4.78, 5) is 18.3. The third-order valence-corrected chi connectivity index (χ3v) is 2.90. The fraction of sp³-hybridized carbons (Fsp3) is 0. The maximum absolute atomic E-state index is 10.7. The smallest absolute Gasteiger partial charge is 0.138 e. The summed E-state index contributed by atoms with van der Waals surface area (Å²) in [7, 11) is 0. The quantitative estimate of drug-likeness (QED) is 0.669. The van der Waals surface area contributed by atoms with Crippen LogP contribution in [-0.4, -0.2) is 15.9 Å². The van der Waals surface area contributed by atoms with Crippen molar-refractivity contribution in [2.24, 2.45) is 0 Å². The fourth-order valence-corrected chi connectivity index (χ4v) is 1.93. The number of carbonyl (C=O) groups excluding carboxylic acids is 1. The number of carboxylic acid groups (broad SMARTS) is 1. The third-order valence-electron chi connectivity index (χ3n) is 2.90. The van der Waals surface area contributed by atoms with E-state index >= 15 is 0 Å². The Morgan fingerprint density at radius 1 is 1.16 bits per heavy atom. The first kappa shape index (κ1) is 11.3. The number of imidazole rings is 1. The molecular weight excluding hydrogens is 242 g/mol. The van der Waals surface area contributed by atoms with Gasteiger partial charge in [0.05, 0.1) is 17.0 Å². The third kappa shape index (κ3) is 2.01. The van der Waals surface area contributed by atoms with Gasteiger partial charge in [-0.3, -0.25) is 0 Å². The average molecular weight is 252 g/mol. The molecule has 0 saturated heterocycles. The van der Waals surface area contributed by atoms with Crippen LogP contribution in [0, 0.1) is 0 Å². The maximum Gasteiger partial charge on any atom is 0.138 e. The van der Waals surface area contributed by atoms with Crippen LogP contribution >= 0.6 is 0 Å². The lowest BCUT2D eigenvalue weighted by Gasteiger charge is -2.02. The maximum atomic E-state index is 10.7. The van der Waals surface area contributed by atoms with E-state index in [4.69, 9.17) is 5.73 Å². The van der Waals surface area contributed by atoms with Crippen LogP contribution in [0.2, 0.25) is 0 Å². The molecule has 0 bridgehead atoms. The Labute approximate surface area is 108 Å². The van der Waals surface area contributed by atoms with Crippen LogP contribution in [0.4, 0.5) is 5.69 Å². The van der Waals surface area contributed by atoms with Crippen molar-refractivity contribution in [3.8, 4) is 11.4 Å². The summed E-state index contributed by atoms with van der Waals surface area (Å²) >= 11 is 0. The molecular formula is C14H10N3O2-. The van der Waals surface area contributed by atoms with Gasteiger partial charge in [-0.05, 0) is 23.8 Å². The summed E-state index contributed by atoms with van der Waals surface area (Å²) < 4.78 is 0. The highest BCUT2D eigenvalue weighted by atomic mass is 16.4. The minimum atomic E-state index is -1.19. The summed E-state index contributed by atoms with van der Waals surface area (Å²) in [5.74, 6) is -0.519. The SMILES string of the molecule is Nc1ccc2nc(-c3ccc(C(=O)[O-])cc3)[nH]c2c1. The number of aromatic amines is 1. The van der Waals surface area contributed by atoms with Gasteiger partial charge in [0, 0.05) is 11.3 Å². The Morgan fingerprint density at radius 3 is 2.58 bits per heavy atom. The number of nitrogens with one attached hydrogen (secondary N) is 1. The van der Waals surface area contributed by atoms with E-state index in [1.54, 1.807) is 24.3 Å². The molecule has 0 aliphatic rings. The van der Waals surface area contributed by atoms with Crippen molar-refractivity contribution >= 4 is 22.7 Å². The monoisotopic (exact) mass is 252 g/mol. The zero-order valence-corrected chi connectivity index (χ0v) is 9.88. The molecule has 0 amide bonds. The summed E-state index contributed by atoms with van der Waals surface area (Å²) in [5, 5.41) is 10.7. The largest absolute Gasteiger partial charge is 0.545 e. The number of H-pyrrole nitrogens is 1. The molecule has 5 nitrogen and oxygen atoms in total. The Bertz CT molecular complexity index is 760. The van der Waals surface area contributed by atoms with E-state index in [-0.39, 0.29) is 5.56 Å². The molecule has 3 aromatic rings. The molecule has 0 spiro atoms. The predicted molar refractivity (Wildman–Crippen MR) is 70.3 cm³/mol. The Kier molecular flexibility index (Phi) is 2.45. The molecule has 0 atom stereocenters. The number of rotatable bonds is 2. The lowest BCUT2D eigenvalue weighted by molar-refractivity contribution is -0.255. The molecule has 0 aliphatic carbocycles. The molecule has 3 rings (SSSR count). The van der Waals surface area contributed by atoms with Crippen molar-refractivity contribution in [3.05, 3.63) is 48.0 Å². The molecule has 2 aromatic carbocycles. The van der Waals surface area contributed by atoms with E-state index in [9.17, 15) is 9.90 Å². The molecule has 0 fully saturated rings. The number of carboxylic acids is 1. The van der Waals surface area contributed by atoms with Crippen molar-refractivity contribution < 1.29 is 9.90 Å². The van der Waals surface area contributed by atoms with Crippen LogP contribution in [0.15, 0.2) is 42.5 Å². The van der Waals surface area contributed by atoms with Crippen LogP contribution in [0.1, 0.15) is 10.4 Å². The van der Waals surface area contributed by atoms with Gasteiger partial charge in [-0.1, -0.05) is 24.3 Å². The van der Waals surface area contributed by atoms with Gasteiger partial charge in [-0.25, -0.2) is 4.98 Å². The lowest BCUT2D eigenvalue weighted by Crippen LogP contribution is -2.21. The van der Waals surface area contributed by atoms with Crippen molar-refractivity contribution in [1.82, 2.24) is 9.97 Å². The van der Waals surface area contributed by atoms with Gasteiger partial charge in [0.2, 0.25) is 0 Å². The first-order chi connectivity index (χ1) is 9.13. The highest BCUT2D eigenvalue weighted by molar-refractivity contribution is 5.87. The van der Waals surface area contributed by atoms with Gasteiger partial charge in [0.25, 0.3) is 0 Å². The second-order valence-corrected chi connectivity index (χ2v) is 4.23. The minimum absolute atomic E-state index is 0.143. The van der Waals surface area contributed by atoms with Crippen LogP contribution < -0.4 is 10.8 Å². The summed E-state index contributed by atoms with van der Waals surface area (Å²) in [6.45, 7) is 0. The molecule has 94 valence electrons. The first-order valence-electron chi connectivity index (χ1n) is 5.70. The van der Waals surface area contributed by atoms with Crippen LogP contribution in [0.25, 0.3) is 22.4 Å². The first-order valence-corrected chi connectivity index (χ1v) is 5.70. The van der Waals surface area contributed by atoms with Crippen LogP contribution in [0.3, 0.4) is 0 Å². The minimum Gasteiger partial charge on any atom is -0.545 e. The molecule has 0 radical (unpaired) electrons. The molecule has 0 aliphatic heterocycles. The van der Waals surface area contributed by atoms with Gasteiger partial charge >= 0.3 is 0 Å². The van der Waals surface area contributed by atoms with E-state index in [1.165, 1.54) is 12.1 Å². The number of hydrogen-bond donors (Lipinski definition) is 2. The van der Waals surface area contributed by atoms with Gasteiger partial charge in [-0.15, -0.1) is 0 Å². The number of carbonyl (C=O) groups is 1. The van der Waals surface area contributed by atoms with E-state index in [1.807, 2.05) is 6.07 Å². The highest BCUT2D eigenvalue weighted by Gasteiger charge is 2.05. The second kappa shape index (κ2) is 4.13. The van der Waals surface area contributed by atoms with E-state index in [0.29, 0.717) is 11.5 Å². The number of nitrogen functional groups attached to an aromatic ring is 1. The molecule has 0 unspecified atom stereocenters. The molecule has 1 heterocycles. The number of anilines is 1. The molecule has 0 saturated carbocycles. The molecule has 19 heavy (non-hydrogen) atoms. The molecule has 1 aromatic heterocycles. The van der Waals surface area contributed by atoms with Gasteiger partial charge in [0.15, 0.2) is 0 Å². The van der Waals surface area contributed by atoms with Crippen molar-refractivity contribution in [2.75, 3.05) is 5.73 Å². The van der Waals surface area contributed by atoms with Crippen molar-refractivity contribution in [1.29, 1.82) is 0 Å². The Balaban J connectivity index is 2.06. The van der Waals surface area contributed by atoms with Crippen LogP contribution in [0.5, 0.6) is 0 Å². The van der Waals surface area contributed by atoms with Crippen LogP contribution in [-0.2, 0) is 0 Å². The standard InChI is InChI=1S/C14H11N3O2/c15-10-5-6-11-12(7-10)17-13(16-11)8-1-3-9(4-2-8)14(18)19/h1-7H,15H2,(H,16,17)(H,18,19)/p-1. The number of benzene rings is 2. The number of nitrogens with zero attached hydrogens (tertiary/aromatic N) is 1. The fourth-order valence-electron chi connectivity index (χ4n) is 1.93. The number of nitrogens with two attached hydrogens (primary N) is 1. The van der Waals surface area contributed by atoms with Crippen molar-refractivity contribution in [2.45, 2.75) is 0 Å². The summed E-state index contributed by atoms with van der Waals surface area (Å²) in [5.41, 5.74) is 8.97. The summed E-state index contributed by atoms with van der Waals surface area (Å²) in [6, 6.07) is 11.8. The predicted octanol–water partition coefficient (Wildman–Crippen LogP) is 1.18. The Hall–Kier alpha value is -2.82. The zero-order valence-electron chi connectivity index (χ0n) is 9.88.